The second-order valence-electron chi connectivity index (χ2n) is 2.69. The summed E-state index contributed by atoms with van der Waals surface area (Å²) < 4.78 is 4.61. The van der Waals surface area contributed by atoms with Crippen molar-refractivity contribution in [2.24, 2.45) is 0 Å². The normalized spacial score (nSPS) is 15.5. The molecule has 1 aliphatic rings. The Morgan fingerprint density at radius 3 is 2.50 bits per heavy atom. The second kappa shape index (κ2) is 4.42. The van der Waals surface area contributed by atoms with Crippen LogP contribution in [-0.4, -0.2) is 29.4 Å². The van der Waals surface area contributed by atoms with Gasteiger partial charge in [0.05, 0.1) is 0 Å². The van der Waals surface area contributed by atoms with Crippen LogP contribution >= 0.6 is 0 Å². The van der Waals surface area contributed by atoms with Gasteiger partial charge in [-0.3, -0.25) is 9.59 Å². The van der Waals surface area contributed by atoms with Crippen molar-refractivity contribution >= 4 is 17.9 Å². The number of likely N-dealkylation sites (tertiary alicyclic amines) is 1. The lowest BCUT2D eigenvalue weighted by molar-refractivity contribution is -0.136. The van der Waals surface area contributed by atoms with Crippen molar-refractivity contribution in [3.63, 3.8) is 0 Å². The Morgan fingerprint density at radius 1 is 1.43 bits per heavy atom. The summed E-state index contributed by atoms with van der Waals surface area (Å²) in [6.07, 6.45) is 4.42. The van der Waals surface area contributed by atoms with Gasteiger partial charge in [0.1, 0.15) is 6.61 Å². The standard InChI is InChI=1S/C9H9NO4/c1-2-3-6-14-9(13)10-7(11)4-5-8(10)12/h1H,3-6H2. The first kappa shape index (κ1) is 10.3. The van der Waals surface area contributed by atoms with Gasteiger partial charge < -0.3 is 4.74 Å². The Labute approximate surface area is 81.0 Å². The second-order valence-corrected chi connectivity index (χ2v) is 2.69. The quantitative estimate of drug-likeness (QED) is 0.361. The number of rotatable bonds is 2. The van der Waals surface area contributed by atoms with Crippen molar-refractivity contribution in [2.75, 3.05) is 6.61 Å². The number of imide groups is 3. The van der Waals surface area contributed by atoms with Gasteiger partial charge in [0.25, 0.3) is 0 Å². The summed E-state index contributed by atoms with van der Waals surface area (Å²) in [5.41, 5.74) is 0. The molecule has 0 bridgehead atoms. The molecule has 74 valence electrons. The van der Waals surface area contributed by atoms with Gasteiger partial charge in [-0.2, -0.15) is 4.90 Å². The zero-order valence-corrected chi connectivity index (χ0v) is 7.49. The molecule has 0 aromatic rings. The number of ether oxygens (including phenoxy) is 1. The molecule has 5 nitrogen and oxygen atoms in total. The van der Waals surface area contributed by atoms with Crippen LogP contribution in [0.3, 0.4) is 0 Å². The van der Waals surface area contributed by atoms with Crippen molar-refractivity contribution in [2.45, 2.75) is 19.3 Å². The van der Waals surface area contributed by atoms with Gasteiger partial charge in [-0.25, -0.2) is 4.79 Å². The van der Waals surface area contributed by atoms with E-state index >= 15 is 0 Å². The van der Waals surface area contributed by atoms with E-state index < -0.39 is 17.9 Å². The summed E-state index contributed by atoms with van der Waals surface area (Å²) in [5, 5.41) is 0. The van der Waals surface area contributed by atoms with Crippen LogP contribution in [0.15, 0.2) is 0 Å². The average Bonchev–Trinajstić information content (AvgIpc) is 2.46. The lowest BCUT2D eigenvalue weighted by atomic mass is 10.4. The molecular weight excluding hydrogens is 186 g/mol. The third-order valence-corrected chi connectivity index (χ3v) is 1.71. The fraction of sp³-hybridized carbons (Fsp3) is 0.444. The molecule has 0 aromatic carbocycles. The maximum Gasteiger partial charge on any atom is 0.423 e. The number of carbonyl (C=O) groups excluding carboxylic acids is 3. The predicted molar refractivity (Wildman–Crippen MR) is 45.9 cm³/mol. The minimum Gasteiger partial charge on any atom is -0.448 e. The molecule has 1 fully saturated rings. The van der Waals surface area contributed by atoms with Crippen molar-refractivity contribution in [3.05, 3.63) is 0 Å². The van der Waals surface area contributed by atoms with Gasteiger partial charge in [-0.1, -0.05) is 0 Å². The Kier molecular flexibility index (Phi) is 3.24. The highest BCUT2D eigenvalue weighted by Crippen LogP contribution is 2.12. The van der Waals surface area contributed by atoms with Crippen LogP contribution in [0.2, 0.25) is 0 Å². The van der Waals surface area contributed by atoms with E-state index in [2.05, 4.69) is 10.7 Å². The fourth-order valence-electron chi connectivity index (χ4n) is 1.04. The molecule has 0 unspecified atom stereocenters. The minimum atomic E-state index is -0.923. The third-order valence-electron chi connectivity index (χ3n) is 1.71. The Bertz CT molecular complexity index is 299. The highest BCUT2D eigenvalue weighted by molar-refractivity contribution is 6.13. The number of terminal acetylenes is 1. The van der Waals surface area contributed by atoms with Crippen LogP contribution in [0.25, 0.3) is 0 Å². The van der Waals surface area contributed by atoms with Crippen molar-refractivity contribution in [3.8, 4) is 12.3 Å². The largest absolute Gasteiger partial charge is 0.448 e. The Balaban J connectivity index is 2.48. The molecule has 0 saturated carbocycles. The average molecular weight is 195 g/mol. The van der Waals surface area contributed by atoms with E-state index in [9.17, 15) is 14.4 Å². The highest BCUT2D eigenvalue weighted by Gasteiger charge is 2.35. The first-order chi connectivity index (χ1) is 6.66. The van der Waals surface area contributed by atoms with Crippen LogP contribution in [0.1, 0.15) is 19.3 Å². The SMILES string of the molecule is C#CCCOC(=O)N1C(=O)CCC1=O. The van der Waals surface area contributed by atoms with E-state index in [1.54, 1.807) is 0 Å². The van der Waals surface area contributed by atoms with E-state index in [-0.39, 0.29) is 25.9 Å². The summed E-state index contributed by atoms with van der Waals surface area (Å²) in [6.45, 7) is 0.0202. The van der Waals surface area contributed by atoms with Gasteiger partial charge in [-0.15, -0.1) is 12.3 Å². The summed E-state index contributed by atoms with van der Waals surface area (Å²) >= 11 is 0. The molecule has 0 aromatic heterocycles. The van der Waals surface area contributed by atoms with Crippen LogP contribution < -0.4 is 0 Å². The molecule has 0 spiro atoms. The van der Waals surface area contributed by atoms with E-state index in [1.165, 1.54) is 0 Å². The Hall–Kier alpha value is -1.83. The first-order valence-corrected chi connectivity index (χ1v) is 4.13. The number of hydrogen-bond acceptors (Lipinski definition) is 4. The molecule has 1 heterocycles. The molecule has 1 rings (SSSR count). The van der Waals surface area contributed by atoms with Crippen LogP contribution in [-0.2, 0) is 14.3 Å². The van der Waals surface area contributed by atoms with E-state index in [0.29, 0.717) is 4.90 Å². The van der Waals surface area contributed by atoms with Crippen molar-refractivity contribution < 1.29 is 19.1 Å². The number of hydrogen-bond donors (Lipinski definition) is 0. The summed E-state index contributed by atoms with van der Waals surface area (Å²) in [6, 6.07) is 0. The highest BCUT2D eigenvalue weighted by atomic mass is 16.6. The molecule has 1 saturated heterocycles. The zero-order valence-electron chi connectivity index (χ0n) is 7.49. The number of amides is 3. The van der Waals surface area contributed by atoms with E-state index in [1.807, 2.05) is 0 Å². The smallest absolute Gasteiger partial charge is 0.423 e. The summed E-state index contributed by atoms with van der Waals surface area (Å²) in [5.74, 6) is 1.24. The molecule has 5 heteroatoms. The summed E-state index contributed by atoms with van der Waals surface area (Å²) in [4.78, 5) is 33.7. The Morgan fingerprint density at radius 2 is 2.00 bits per heavy atom. The number of carbonyl (C=O) groups is 3. The molecule has 0 atom stereocenters. The molecule has 14 heavy (non-hydrogen) atoms. The molecule has 0 radical (unpaired) electrons. The van der Waals surface area contributed by atoms with Crippen LogP contribution in [0.5, 0.6) is 0 Å². The van der Waals surface area contributed by atoms with Gasteiger partial charge in [0, 0.05) is 19.3 Å². The summed E-state index contributed by atoms with van der Waals surface area (Å²) in [7, 11) is 0. The molecule has 3 amide bonds. The van der Waals surface area contributed by atoms with Gasteiger partial charge in [0.15, 0.2) is 0 Å². The maximum absolute atomic E-state index is 11.1. The van der Waals surface area contributed by atoms with Crippen molar-refractivity contribution in [1.82, 2.24) is 4.90 Å². The molecule has 0 N–H and O–H groups in total. The monoisotopic (exact) mass is 195 g/mol. The maximum atomic E-state index is 11.1. The van der Waals surface area contributed by atoms with Gasteiger partial charge in [0.2, 0.25) is 11.8 Å². The predicted octanol–water partition coefficient (Wildman–Crippen LogP) is 0.295. The molecular formula is C9H9NO4. The van der Waals surface area contributed by atoms with Gasteiger partial charge >= 0.3 is 6.09 Å². The fourth-order valence-corrected chi connectivity index (χ4v) is 1.04. The first-order valence-electron chi connectivity index (χ1n) is 4.13. The zero-order chi connectivity index (χ0) is 10.6. The van der Waals surface area contributed by atoms with Crippen molar-refractivity contribution in [1.29, 1.82) is 0 Å². The van der Waals surface area contributed by atoms with E-state index in [0.717, 1.165) is 0 Å². The lowest BCUT2D eigenvalue weighted by Gasteiger charge is -2.10. The van der Waals surface area contributed by atoms with Gasteiger partial charge in [-0.05, 0) is 0 Å². The number of nitrogens with zero attached hydrogens (tertiary/aromatic N) is 1. The van der Waals surface area contributed by atoms with Crippen LogP contribution in [0.4, 0.5) is 4.79 Å². The lowest BCUT2D eigenvalue weighted by Crippen LogP contribution is -2.36. The topological polar surface area (TPSA) is 63.7 Å². The molecule has 1 aliphatic heterocycles. The molecule has 0 aliphatic carbocycles. The minimum absolute atomic E-state index is 0.0202. The van der Waals surface area contributed by atoms with Crippen LogP contribution in [0, 0.1) is 12.3 Å². The third kappa shape index (κ3) is 2.10. The van der Waals surface area contributed by atoms with E-state index in [4.69, 9.17) is 6.42 Å².